The van der Waals surface area contributed by atoms with Crippen LogP contribution < -0.4 is 0 Å². The van der Waals surface area contributed by atoms with Gasteiger partial charge in [0.05, 0.1) is 6.10 Å². The second kappa shape index (κ2) is 4.84. The number of aliphatic hydroxyl groups excluding tert-OH is 1. The van der Waals surface area contributed by atoms with Crippen LogP contribution in [-0.4, -0.2) is 11.2 Å². The smallest absolute Gasteiger partial charge is 0.0517 e. The van der Waals surface area contributed by atoms with Gasteiger partial charge in [-0.3, -0.25) is 0 Å². The van der Waals surface area contributed by atoms with E-state index in [1.807, 2.05) is 6.92 Å². The Hall–Kier alpha value is -0.820. The maximum absolute atomic E-state index is 10.1. The average molecular weight is 284 g/mol. The summed E-state index contributed by atoms with van der Waals surface area (Å²) in [5.74, 6) is 3.46. The van der Waals surface area contributed by atoms with Crippen molar-refractivity contribution < 1.29 is 5.11 Å². The van der Waals surface area contributed by atoms with E-state index in [0.717, 1.165) is 24.2 Å². The van der Waals surface area contributed by atoms with Gasteiger partial charge in [0.2, 0.25) is 0 Å². The lowest BCUT2D eigenvalue weighted by atomic mass is 9.43. The lowest BCUT2D eigenvalue weighted by molar-refractivity contribution is -0.0947. The second-order valence-electron chi connectivity index (χ2n) is 8.41. The van der Waals surface area contributed by atoms with E-state index in [1.165, 1.54) is 37.7 Å². The molecule has 114 valence electrons. The lowest BCUT2D eigenvalue weighted by Crippen LogP contribution is -2.52. The Bertz CT molecular complexity index is 513. The topological polar surface area (TPSA) is 20.2 Å². The summed E-state index contributed by atoms with van der Waals surface area (Å²) in [4.78, 5) is 0. The number of hydrogen-bond donors (Lipinski definition) is 1. The molecular formula is C20H28O. The fourth-order valence-electron chi connectivity index (χ4n) is 6.58. The summed E-state index contributed by atoms with van der Waals surface area (Å²) in [7, 11) is 0. The van der Waals surface area contributed by atoms with Gasteiger partial charge >= 0.3 is 0 Å². The molecule has 1 N–H and O–H groups in total. The van der Waals surface area contributed by atoms with Crippen LogP contribution in [0.4, 0.5) is 0 Å². The molecule has 4 unspecified atom stereocenters. The van der Waals surface area contributed by atoms with Crippen LogP contribution in [0.25, 0.3) is 0 Å². The lowest BCUT2D eigenvalue weighted by Gasteiger charge is -2.62. The minimum atomic E-state index is -0.159. The SMILES string of the molecule is Cc1cccc(C2C3CC4CC(C3)CC2(CC(C)O)C4)c1. The van der Waals surface area contributed by atoms with Crippen LogP contribution in [0, 0.1) is 30.1 Å². The molecule has 4 aliphatic rings. The van der Waals surface area contributed by atoms with Crippen LogP contribution >= 0.6 is 0 Å². The molecule has 4 bridgehead atoms. The summed E-state index contributed by atoms with van der Waals surface area (Å²) in [6, 6.07) is 9.20. The molecular weight excluding hydrogens is 256 g/mol. The van der Waals surface area contributed by atoms with Gasteiger partial charge in [-0.25, -0.2) is 0 Å². The molecule has 0 spiro atoms. The second-order valence-corrected chi connectivity index (χ2v) is 8.41. The highest BCUT2D eigenvalue weighted by Crippen LogP contribution is 2.67. The third kappa shape index (κ3) is 2.25. The van der Waals surface area contributed by atoms with Crippen LogP contribution in [0.3, 0.4) is 0 Å². The van der Waals surface area contributed by atoms with E-state index in [9.17, 15) is 5.11 Å². The van der Waals surface area contributed by atoms with Gasteiger partial charge in [-0.15, -0.1) is 0 Å². The van der Waals surface area contributed by atoms with Crippen molar-refractivity contribution in [3.63, 3.8) is 0 Å². The number of rotatable bonds is 3. The third-order valence-electron chi connectivity index (χ3n) is 6.56. The van der Waals surface area contributed by atoms with Gasteiger partial charge in [-0.2, -0.15) is 0 Å². The Labute approximate surface area is 128 Å². The molecule has 0 saturated heterocycles. The van der Waals surface area contributed by atoms with E-state index in [2.05, 4.69) is 31.2 Å². The zero-order valence-electron chi connectivity index (χ0n) is 13.4. The highest BCUT2D eigenvalue weighted by molar-refractivity contribution is 5.30. The molecule has 4 atom stereocenters. The Balaban J connectivity index is 1.76. The molecule has 1 nitrogen and oxygen atoms in total. The van der Waals surface area contributed by atoms with E-state index < -0.39 is 0 Å². The first kappa shape index (κ1) is 13.8. The van der Waals surface area contributed by atoms with Crippen molar-refractivity contribution in [3.8, 4) is 0 Å². The maximum atomic E-state index is 10.1. The number of aliphatic hydroxyl groups is 1. The van der Waals surface area contributed by atoms with Crippen molar-refractivity contribution in [2.45, 2.75) is 64.4 Å². The Kier molecular flexibility index (Phi) is 3.19. The molecule has 21 heavy (non-hydrogen) atoms. The monoisotopic (exact) mass is 284 g/mol. The Morgan fingerprint density at radius 3 is 2.52 bits per heavy atom. The quantitative estimate of drug-likeness (QED) is 0.854. The van der Waals surface area contributed by atoms with Crippen molar-refractivity contribution in [2.75, 3.05) is 0 Å². The molecule has 0 heterocycles. The van der Waals surface area contributed by atoms with Gasteiger partial charge < -0.3 is 5.11 Å². The Morgan fingerprint density at radius 2 is 1.90 bits per heavy atom. The molecule has 1 aromatic carbocycles. The van der Waals surface area contributed by atoms with E-state index >= 15 is 0 Å². The van der Waals surface area contributed by atoms with Crippen molar-refractivity contribution in [2.24, 2.45) is 23.2 Å². The summed E-state index contributed by atoms with van der Waals surface area (Å²) < 4.78 is 0. The maximum Gasteiger partial charge on any atom is 0.0517 e. The van der Waals surface area contributed by atoms with E-state index in [4.69, 9.17) is 0 Å². The van der Waals surface area contributed by atoms with E-state index in [-0.39, 0.29) is 6.10 Å². The standard InChI is InChI=1S/C20H28O/c1-13-4-3-5-17(6-13)19-18-8-15-7-16(9-18)12-20(19,11-15)10-14(2)21/h3-6,14-16,18-19,21H,7-12H2,1-2H3. The summed E-state index contributed by atoms with van der Waals surface area (Å²) in [5, 5.41) is 10.1. The molecule has 1 heteroatoms. The van der Waals surface area contributed by atoms with Crippen LogP contribution in [0.1, 0.15) is 62.5 Å². The van der Waals surface area contributed by atoms with Gasteiger partial charge in [0.15, 0.2) is 0 Å². The average Bonchev–Trinajstić information content (AvgIpc) is 2.35. The molecule has 0 aromatic heterocycles. The molecule has 4 aliphatic carbocycles. The van der Waals surface area contributed by atoms with Crippen molar-refractivity contribution in [1.82, 2.24) is 0 Å². The zero-order valence-corrected chi connectivity index (χ0v) is 13.4. The normalized spacial score (nSPS) is 42.2. The highest BCUT2D eigenvalue weighted by atomic mass is 16.3. The van der Waals surface area contributed by atoms with E-state index in [1.54, 1.807) is 5.56 Å². The van der Waals surface area contributed by atoms with Gasteiger partial charge in [0.1, 0.15) is 0 Å². The summed E-state index contributed by atoms with van der Waals surface area (Å²) in [5.41, 5.74) is 3.32. The summed E-state index contributed by atoms with van der Waals surface area (Å²) in [6.45, 7) is 4.20. The van der Waals surface area contributed by atoms with Crippen LogP contribution in [0.2, 0.25) is 0 Å². The minimum Gasteiger partial charge on any atom is -0.393 e. The molecule has 4 saturated carbocycles. The first-order valence-electron chi connectivity index (χ1n) is 8.80. The van der Waals surface area contributed by atoms with Crippen molar-refractivity contribution in [1.29, 1.82) is 0 Å². The number of aryl methyl sites for hydroxylation is 1. The minimum absolute atomic E-state index is 0.159. The zero-order chi connectivity index (χ0) is 14.6. The predicted molar refractivity (Wildman–Crippen MR) is 86.2 cm³/mol. The molecule has 5 rings (SSSR count). The van der Waals surface area contributed by atoms with E-state index in [0.29, 0.717) is 11.3 Å². The highest BCUT2D eigenvalue weighted by Gasteiger charge is 2.57. The predicted octanol–water partition coefficient (Wildman–Crippen LogP) is 4.68. The van der Waals surface area contributed by atoms with Crippen LogP contribution in [-0.2, 0) is 0 Å². The third-order valence-corrected chi connectivity index (χ3v) is 6.56. The largest absolute Gasteiger partial charge is 0.393 e. The molecule has 0 radical (unpaired) electrons. The molecule has 0 aliphatic heterocycles. The van der Waals surface area contributed by atoms with Gasteiger partial charge in [0.25, 0.3) is 0 Å². The molecule has 0 amide bonds. The molecule has 1 aromatic rings. The van der Waals surface area contributed by atoms with Crippen molar-refractivity contribution >= 4 is 0 Å². The summed E-state index contributed by atoms with van der Waals surface area (Å²) >= 11 is 0. The van der Waals surface area contributed by atoms with Crippen LogP contribution in [0.5, 0.6) is 0 Å². The number of hydrogen-bond acceptors (Lipinski definition) is 1. The fraction of sp³-hybridized carbons (Fsp3) is 0.700. The molecule has 4 fully saturated rings. The van der Waals surface area contributed by atoms with Gasteiger partial charge in [0, 0.05) is 0 Å². The summed E-state index contributed by atoms with van der Waals surface area (Å²) in [6.07, 6.45) is 7.93. The van der Waals surface area contributed by atoms with Crippen molar-refractivity contribution in [3.05, 3.63) is 35.4 Å². The fourth-order valence-corrected chi connectivity index (χ4v) is 6.58. The van der Waals surface area contributed by atoms with Gasteiger partial charge in [-0.1, -0.05) is 29.8 Å². The first-order chi connectivity index (χ1) is 10.1. The first-order valence-corrected chi connectivity index (χ1v) is 8.80. The van der Waals surface area contributed by atoms with Crippen LogP contribution in [0.15, 0.2) is 24.3 Å². The number of benzene rings is 1. The van der Waals surface area contributed by atoms with Gasteiger partial charge in [-0.05, 0) is 87.0 Å². The Morgan fingerprint density at radius 1 is 1.19 bits per heavy atom.